The van der Waals surface area contributed by atoms with Gasteiger partial charge >= 0.3 is 0 Å². The second-order valence-electron chi connectivity index (χ2n) is 5.24. The van der Waals surface area contributed by atoms with E-state index in [0.717, 1.165) is 22.7 Å². The molecule has 4 nitrogen and oxygen atoms in total. The maximum Gasteiger partial charge on any atom is 0.251 e. The molecule has 0 saturated heterocycles. The monoisotopic (exact) mass is 339 g/mol. The molecule has 1 amide bonds. The fourth-order valence-corrected chi connectivity index (χ4v) is 2.77. The molecule has 0 fully saturated rings. The van der Waals surface area contributed by atoms with Gasteiger partial charge in [0.1, 0.15) is 0 Å². The summed E-state index contributed by atoms with van der Waals surface area (Å²) in [5, 5.41) is 6.13. The van der Waals surface area contributed by atoms with Gasteiger partial charge in [-0.2, -0.15) is 0 Å². The van der Waals surface area contributed by atoms with Gasteiger partial charge in [-0.1, -0.05) is 26.0 Å². The maximum atomic E-state index is 12.0. The summed E-state index contributed by atoms with van der Waals surface area (Å²) < 4.78 is 0. The lowest BCUT2D eigenvalue weighted by Crippen LogP contribution is -2.25. The first-order chi connectivity index (χ1) is 10.1. The number of nitrogens with zero attached hydrogens (tertiary/aromatic N) is 1. The Balaban J connectivity index is 0.00000242. The molecule has 22 heavy (non-hydrogen) atoms. The topological polar surface area (TPSA) is 68.0 Å². The number of rotatable bonds is 6. The van der Waals surface area contributed by atoms with Crippen LogP contribution >= 0.6 is 23.7 Å². The van der Waals surface area contributed by atoms with E-state index in [1.165, 1.54) is 0 Å². The van der Waals surface area contributed by atoms with E-state index in [1.54, 1.807) is 23.5 Å². The minimum absolute atomic E-state index is 0. The van der Waals surface area contributed by atoms with Crippen molar-refractivity contribution in [1.82, 2.24) is 10.3 Å². The van der Waals surface area contributed by atoms with Gasteiger partial charge in [0, 0.05) is 36.4 Å². The van der Waals surface area contributed by atoms with Crippen molar-refractivity contribution in [3.63, 3.8) is 0 Å². The SMILES string of the molecule is CC(C)c1nc(CCNC(=O)c2ccc(CN)cc2)cs1.Cl. The van der Waals surface area contributed by atoms with Crippen molar-refractivity contribution in [2.45, 2.75) is 32.7 Å². The Morgan fingerprint density at radius 1 is 1.32 bits per heavy atom. The van der Waals surface area contributed by atoms with Crippen LogP contribution in [0.4, 0.5) is 0 Å². The molecule has 0 unspecified atom stereocenters. The van der Waals surface area contributed by atoms with Gasteiger partial charge in [-0.25, -0.2) is 4.98 Å². The number of benzene rings is 1. The molecule has 0 atom stereocenters. The van der Waals surface area contributed by atoms with Gasteiger partial charge in [-0.15, -0.1) is 23.7 Å². The van der Waals surface area contributed by atoms with Crippen molar-refractivity contribution < 1.29 is 4.79 Å². The summed E-state index contributed by atoms with van der Waals surface area (Å²) in [6, 6.07) is 7.36. The zero-order valence-corrected chi connectivity index (χ0v) is 14.5. The third kappa shape index (κ3) is 5.09. The molecule has 1 heterocycles. The van der Waals surface area contributed by atoms with Crippen molar-refractivity contribution in [2.24, 2.45) is 5.73 Å². The molecule has 0 radical (unpaired) electrons. The van der Waals surface area contributed by atoms with Gasteiger partial charge in [-0.05, 0) is 17.7 Å². The Kier molecular flexibility index (Phi) is 7.51. The van der Waals surface area contributed by atoms with E-state index in [1.807, 2.05) is 12.1 Å². The van der Waals surface area contributed by atoms with Crippen molar-refractivity contribution in [1.29, 1.82) is 0 Å². The lowest BCUT2D eigenvalue weighted by Gasteiger charge is -2.05. The number of aromatic nitrogens is 1. The molecule has 1 aromatic heterocycles. The Morgan fingerprint density at radius 2 is 2.00 bits per heavy atom. The number of carbonyl (C=O) groups excluding carboxylic acids is 1. The summed E-state index contributed by atoms with van der Waals surface area (Å²) in [7, 11) is 0. The Bertz CT molecular complexity index is 596. The van der Waals surface area contributed by atoms with E-state index >= 15 is 0 Å². The molecule has 2 rings (SSSR count). The smallest absolute Gasteiger partial charge is 0.251 e. The van der Waals surface area contributed by atoms with Crippen molar-refractivity contribution in [3.05, 3.63) is 51.5 Å². The van der Waals surface area contributed by atoms with Crippen LogP contribution in [0.5, 0.6) is 0 Å². The Labute approximate surface area is 141 Å². The van der Waals surface area contributed by atoms with Gasteiger partial charge in [-0.3, -0.25) is 4.79 Å². The quantitative estimate of drug-likeness (QED) is 0.849. The van der Waals surface area contributed by atoms with Crippen LogP contribution < -0.4 is 11.1 Å². The largest absolute Gasteiger partial charge is 0.352 e. The van der Waals surface area contributed by atoms with Crippen LogP contribution in [0.1, 0.15) is 46.4 Å². The maximum absolute atomic E-state index is 12.0. The molecule has 0 bridgehead atoms. The van der Waals surface area contributed by atoms with Gasteiger partial charge < -0.3 is 11.1 Å². The number of amides is 1. The van der Waals surface area contributed by atoms with Crippen molar-refractivity contribution in [2.75, 3.05) is 6.54 Å². The molecule has 2 aromatic rings. The molecular formula is C16H22ClN3OS. The van der Waals surface area contributed by atoms with E-state index in [4.69, 9.17) is 5.73 Å². The van der Waals surface area contributed by atoms with E-state index < -0.39 is 0 Å². The van der Waals surface area contributed by atoms with Gasteiger partial charge in [0.2, 0.25) is 0 Å². The fraction of sp³-hybridized carbons (Fsp3) is 0.375. The second-order valence-corrected chi connectivity index (χ2v) is 6.13. The average molecular weight is 340 g/mol. The van der Waals surface area contributed by atoms with Crippen LogP contribution in [0.15, 0.2) is 29.6 Å². The summed E-state index contributed by atoms with van der Waals surface area (Å²) in [6.45, 7) is 5.35. The van der Waals surface area contributed by atoms with E-state index in [0.29, 0.717) is 24.6 Å². The summed E-state index contributed by atoms with van der Waals surface area (Å²) in [6.07, 6.45) is 0.760. The molecule has 3 N–H and O–H groups in total. The van der Waals surface area contributed by atoms with Crippen LogP contribution in [-0.4, -0.2) is 17.4 Å². The summed E-state index contributed by atoms with van der Waals surface area (Å²) >= 11 is 1.68. The third-order valence-electron chi connectivity index (χ3n) is 3.18. The molecule has 120 valence electrons. The van der Waals surface area contributed by atoms with Gasteiger partial charge in [0.15, 0.2) is 0 Å². The molecule has 0 aliphatic carbocycles. The number of thiazole rings is 1. The highest BCUT2D eigenvalue weighted by Gasteiger charge is 2.07. The molecule has 6 heteroatoms. The minimum Gasteiger partial charge on any atom is -0.352 e. The molecule has 1 aromatic carbocycles. The zero-order valence-electron chi connectivity index (χ0n) is 12.8. The highest BCUT2D eigenvalue weighted by molar-refractivity contribution is 7.09. The Hall–Kier alpha value is -1.43. The molecule has 0 saturated carbocycles. The number of halogens is 1. The lowest BCUT2D eigenvalue weighted by molar-refractivity contribution is 0.0954. The predicted octanol–water partition coefficient (Wildman–Crippen LogP) is 3.12. The van der Waals surface area contributed by atoms with Crippen LogP contribution in [0.25, 0.3) is 0 Å². The van der Waals surface area contributed by atoms with Crippen molar-refractivity contribution in [3.8, 4) is 0 Å². The third-order valence-corrected chi connectivity index (χ3v) is 4.38. The molecular weight excluding hydrogens is 318 g/mol. The second kappa shape index (κ2) is 8.88. The average Bonchev–Trinajstić information content (AvgIpc) is 2.96. The van der Waals surface area contributed by atoms with E-state index in [-0.39, 0.29) is 18.3 Å². The number of nitrogens with one attached hydrogen (secondary N) is 1. The van der Waals surface area contributed by atoms with Gasteiger partial charge in [0.05, 0.1) is 10.7 Å². The van der Waals surface area contributed by atoms with Crippen LogP contribution in [-0.2, 0) is 13.0 Å². The summed E-state index contributed by atoms with van der Waals surface area (Å²) in [5.41, 5.74) is 8.27. The molecule has 0 aliphatic rings. The standard InChI is InChI=1S/C16H21N3OS.ClH/c1-11(2)16-19-14(10-21-16)7-8-18-15(20)13-5-3-12(9-17)4-6-13;/h3-6,10-11H,7-9,17H2,1-2H3,(H,18,20);1H. The fourth-order valence-electron chi connectivity index (χ4n) is 1.90. The molecule has 0 aliphatic heterocycles. The minimum atomic E-state index is -0.0575. The first-order valence-corrected chi connectivity index (χ1v) is 7.99. The predicted molar refractivity (Wildman–Crippen MR) is 93.8 cm³/mol. The normalized spacial score (nSPS) is 10.4. The Morgan fingerprint density at radius 3 is 2.55 bits per heavy atom. The number of hydrogen-bond acceptors (Lipinski definition) is 4. The van der Waals surface area contributed by atoms with Crippen molar-refractivity contribution >= 4 is 29.7 Å². The van der Waals surface area contributed by atoms with E-state index in [9.17, 15) is 4.79 Å². The zero-order chi connectivity index (χ0) is 15.2. The highest BCUT2D eigenvalue weighted by atomic mass is 35.5. The number of carbonyl (C=O) groups is 1. The summed E-state index contributed by atoms with van der Waals surface area (Å²) in [5.74, 6) is 0.400. The lowest BCUT2D eigenvalue weighted by atomic mass is 10.1. The van der Waals surface area contributed by atoms with Crippen LogP contribution in [0.3, 0.4) is 0 Å². The first kappa shape index (κ1) is 18.6. The summed E-state index contributed by atoms with van der Waals surface area (Å²) in [4.78, 5) is 16.5. The van der Waals surface area contributed by atoms with E-state index in [2.05, 4.69) is 29.5 Å². The highest BCUT2D eigenvalue weighted by Crippen LogP contribution is 2.19. The number of nitrogens with two attached hydrogens (primary N) is 1. The van der Waals surface area contributed by atoms with Crippen LogP contribution in [0, 0.1) is 0 Å². The van der Waals surface area contributed by atoms with Crippen LogP contribution in [0.2, 0.25) is 0 Å². The van der Waals surface area contributed by atoms with Gasteiger partial charge in [0.25, 0.3) is 5.91 Å². The molecule has 0 spiro atoms. The number of hydrogen-bond donors (Lipinski definition) is 2. The first-order valence-electron chi connectivity index (χ1n) is 7.11.